The molecule has 0 bridgehead atoms. The van der Waals surface area contributed by atoms with E-state index >= 15 is 0 Å². The molecule has 2 rings (SSSR count). The molecule has 200 valence electrons. The molecule has 7 nitrogen and oxygen atoms in total. The van der Waals surface area contributed by atoms with Crippen molar-refractivity contribution in [2.75, 3.05) is 19.5 Å². The summed E-state index contributed by atoms with van der Waals surface area (Å²) < 4.78 is 73.1. The molecule has 2 aromatic carbocycles. The van der Waals surface area contributed by atoms with Gasteiger partial charge in [0.15, 0.2) is 6.10 Å². The molecule has 36 heavy (non-hydrogen) atoms. The van der Waals surface area contributed by atoms with E-state index in [4.69, 9.17) is 18.5 Å². The van der Waals surface area contributed by atoms with E-state index < -0.39 is 31.3 Å². The Kier molecular flexibility index (Phi) is 11.8. The van der Waals surface area contributed by atoms with Crippen molar-refractivity contribution in [3.05, 3.63) is 54.1 Å². The van der Waals surface area contributed by atoms with E-state index in [0.29, 0.717) is 11.5 Å². The maximum atomic E-state index is 12.9. The van der Waals surface area contributed by atoms with Gasteiger partial charge in [-0.1, -0.05) is 26.7 Å². The summed E-state index contributed by atoms with van der Waals surface area (Å²) in [6.07, 6.45) is -2.36. The zero-order chi connectivity index (χ0) is 26.6. The molecule has 0 fully saturated rings. The van der Waals surface area contributed by atoms with E-state index in [9.17, 15) is 22.5 Å². The van der Waals surface area contributed by atoms with Crippen LogP contribution in [0.25, 0.3) is 0 Å². The van der Waals surface area contributed by atoms with Crippen LogP contribution in [0.4, 0.5) is 13.2 Å². The van der Waals surface area contributed by atoms with Crippen molar-refractivity contribution in [3.8, 4) is 17.2 Å². The number of carbonyl (C=O) groups is 1. The Morgan fingerprint density at radius 3 is 1.83 bits per heavy atom. The highest BCUT2D eigenvalue weighted by Crippen LogP contribution is 2.47. The number of halogens is 3. The van der Waals surface area contributed by atoms with Crippen LogP contribution in [0.3, 0.4) is 0 Å². The zero-order valence-electron chi connectivity index (χ0n) is 20.7. The second kappa shape index (κ2) is 14.3. The van der Waals surface area contributed by atoms with Gasteiger partial charge in [0.25, 0.3) is 5.91 Å². The largest absolute Gasteiger partial charge is 0.481 e. The number of alkyl halides is 3. The maximum absolute atomic E-state index is 12.9. The number of benzene rings is 2. The van der Waals surface area contributed by atoms with Crippen molar-refractivity contribution in [3.63, 3.8) is 0 Å². The Morgan fingerprint density at radius 1 is 0.889 bits per heavy atom. The lowest BCUT2D eigenvalue weighted by Crippen LogP contribution is -2.37. The summed E-state index contributed by atoms with van der Waals surface area (Å²) in [5, 5.41) is 2.57. The first-order valence-electron chi connectivity index (χ1n) is 11.8. The van der Waals surface area contributed by atoms with Crippen molar-refractivity contribution in [1.82, 2.24) is 5.32 Å². The molecule has 2 aromatic rings. The quantitative estimate of drug-likeness (QED) is 0.194. The van der Waals surface area contributed by atoms with Crippen LogP contribution in [-0.2, 0) is 24.6 Å². The fourth-order valence-electron chi connectivity index (χ4n) is 2.83. The van der Waals surface area contributed by atoms with E-state index in [2.05, 4.69) is 5.32 Å². The molecular formula is C25H33F3NO6P. The molecule has 0 aliphatic rings. The summed E-state index contributed by atoms with van der Waals surface area (Å²) in [6, 6.07) is 10.6. The highest BCUT2D eigenvalue weighted by molar-refractivity contribution is 7.53. The van der Waals surface area contributed by atoms with Crippen LogP contribution in [0, 0.1) is 0 Å². The van der Waals surface area contributed by atoms with Gasteiger partial charge in [-0.3, -0.25) is 9.36 Å². The molecule has 1 amide bonds. The lowest BCUT2D eigenvalue weighted by Gasteiger charge is -2.20. The molecule has 0 radical (unpaired) electrons. The van der Waals surface area contributed by atoms with Gasteiger partial charge >= 0.3 is 13.8 Å². The molecule has 0 spiro atoms. The highest BCUT2D eigenvalue weighted by Gasteiger charge is 2.30. The van der Waals surface area contributed by atoms with Gasteiger partial charge in [-0.2, -0.15) is 13.2 Å². The summed E-state index contributed by atoms with van der Waals surface area (Å²) in [4.78, 5) is 12.5. The molecule has 1 N–H and O–H groups in total. The first kappa shape index (κ1) is 29.7. The third kappa shape index (κ3) is 10.2. The molecule has 0 saturated heterocycles. The average molecular weight is 532 g/mol. The normalized spacial score (nSPS) is 12.7. The molecule has 11 heteroatoms. The molecule has 0 saturated carbocycles. The van der Waals surface area contributed by atoms with E-state index in [-0.39, 0.29) is 25.2 Å². The van der Waals surface area contributed by atoms with Crippen LogP contribution in [0.5, 0.6) is 17.2 Å². The number of nitrogens with one attached hydrogen (secondary N) is 1. The predicted octanol–water partition coefficient (Wildman–Crippen LogP) is 7.17. The average Bonchev–Trinajstić information content (AvgIpc) is 2.84. The summed E-state index contributed by atoms with van der Waals surface area (Å²) in [7, 11) is -3.47. The summed E-state index contributed by atoms with van der Waals surface area (Å²) >= 11 is 0. The summed E-state index contributed by atoms with van der Waals surface area (Å²) in [5.41, 5.74) is -0.762. The Balaban J connectivity index is 1.88. The predicted molar refractivity (Wildman–Crippen MR) is 130 cm³/mol. The molecule has 1 unspecified atom stereocenters. The Bertz CT molecular complexity index is 969. The van der Waals surface area contributed by atoms with Gasteiger partial charge in [-0.15, -0.1) is 0 Å². The van der Waals surface area contributed by atoms with Gasteiger partial charge in [0, 0.05) is 0 Å². The zero-order valence-corrected chi connectivity index (χ0v) is 21.6. The minimum absolute atomic E-state index is 0.246. The number of unbranched alkanes of at least 4 members (excludes halogenated alkanes) is 2. The lowest BCUT2D eigenvalue weighted by molar-refractivity contribution is -0.137. The number of ether oxygens (including phenoxy) is 2. The Labute approximate surface area is 209 Å². The second-order valence-electron chi connectivity index (χ2n) is 8.04. The van der Waals surface area contributed by atoms with Gasteiger partial charge in [0.2, 0.25) is 0 Å². The van der Waals surface area contributed by atoms with Crippen molar-refractivity contribution >= 4 is 13.5 Å². The molecule has 0 aliphatic carbocycles. The van der Waals surface area contributed by atoms with Gasteiger partial charge in [-0.25, -0.2) is 0 Å². The molecular weight excluding hydrogens is 498 g/mol. The topological polar surface area (TPSA) is 83.1 Å². The van der Waals surface area contributed by atoms with Crippen LogP contribution >= 0.6 is 7.60 Å². The van der Waals surface area contributed by atoms with E-state index in [0.717, 1.165) is 37.8 Å². The van der Waals surface area contributed by atoms with E-state index in [1.54, 1.807) is 31.2 Å². The van der Waals surface area contributed by atoms with Crippen molar-refractivity contribution in [2.45, 2.75) is 58.7 Å². The van der Waals surface area contributed by atoms with Gasteiger partial charge < -0.3 is 23.8 Å². The first-order valence-corrected chi connectivity index (χ1v) is 13.6. The summed E-state index contributed by atoms with van der Waals surface area (Å²) in [6.45, 7) is 6.08. The number of hydrogen-bond donors (Lipinski definition) is 1. The van der Waals surface area contributed by atoms with Gasteiger partial charge in [0.05, 0.1) is 18.8 Å². The number of amides is 1. The Hall–Kier alpha value is -2.55. The van der Waals surface area contributed by atoms with Crippen LogP contribution < -0.4 is 14.8 Å². The van der Waals surface area contributed by atoms with Crippen molar-refractivity contribution in [1.29, 1.82) is 0 Å². The molecule has 0 heterocycles. The van der Waals surface area contributed by atoms with Crippen LogP contribution in [0.2, 0.25) is 0 Å². The fourth-order valence-corrected chi connectivity index (χ4v) is 4.26. The molecule has 1 atom stereocenters. The third-order valence-corrected chi connectivity index (χ3v) is 6.64. The number of carbonyl (C=O) groups excluding carboxylic acids is 1. The SMILES string of the molecule is CCCCOP(=O)(CNC(=O)C(C)Oc1ccc(Oc2ccc(C(F)(F)F)cc2)cc1)OCCCC. The minimum Gasteiger partial charge on any atom is -0.481 e. The van der Waals surface area contributed by atoms with Crippen molar-refractivity contribution < 1.29 is 41.1 Å². The van der Waals surface area contributed by atoms with Crippen LogP contribution in [0.15, 0.2) is 48.5 Å². The summed E-state index contributed by atoms with van der Waals surface area (Å²) in [5.74, 6) is 0.516. The Morgan fingerprint density at radius 2 is 1.36 bits per heavy atom. The van der Waals surface area contributed by atoms with E-state index in [1.165, 1.54) is 12.1 Å². The van der Waals surface area contributed by atoms with Crippen LogP contribution in [-0.4, -0.2) is 31.5 Å². The molecule has 0 aliphatic heterocycles. The molecule has 0 aromatic heterocycles. The lowest BCUT2D eigenvalue weighted by atomic mass is 10.2. The number of hydrogen-bond acceptors (Lipinski definition) is 6. The van der Waals surface area contributed by atoms with Crippen molar-refractivity contribution in [2.24, 2.45) is 0 Å². The van der Waals surface area contributed by atoms with Gasteiger partial charge in [0.1, 0.15) is 23.5 Å². The first-order chi connectivity index (χ1) is 17.1. The second-order valence-corrected chi connectivity index (χ2v) is 10.1. The maximum Gasteiger partial charge on any atom is 0.416 e. The fraction of sp³-hybridized carbons (Fsp3) is 0.480. The van der Waals surface area contributed by atoms with Gasteiger partial charge in [-0.05, 0) is 68.3 Å². The smallest absolute Gasteiger partial charge is 0.416 e. The van der Waals surface area contributed by atoms with Crippen LogP contribution in [0.1, 0.15) is 52.0 Å². The highest BCUT2D eigenvalue weighted by atomic mass is 31.2. The monoisotopic (exact) mass is 531 g/mol. The standard InChI is InChI=1S/C25H33F3NO6P/c1-4-6-16-32-36(31,33-17-7-5-2)18-29-24(30)19(3)34-21-12-14-23(15-13-21)35-22-10-8-20(9-11-22)25(26,27)28/h8-15,19H,4-7,16-18H2,1-3H3,(H,29,30). The minimum atomic E-state index is -4.42. The number of rotatable bonds is 15. The van der Waals surface area contributed by atoms with E-state index in [1.807, 2.05) is 13.8 Å². The third-order valence-electron chi connectivity index (χ3n) is 4.94.